The van der Waals surface area contributed by atoms with Crippen LogP contribution in [0.3, 0.4) is 0 Å². The molecule has 5 N–H and O–H groups in total. The maximum Gasteiger partial charge on any atom is 0.315 e. The van der Waals surface area contributed by atoms with Gasteiger partial charge in [0.2, 0.25) is 27.6 Å². The fourth-order valence-electron chi connectivity index (χ4n) is 7.12. The molecular formula is C32H54N6O7S. The van der Waals surface area contributed by atoms with E-state index in [2.05, 4.69) is 16.0 Å². The van der Waals surface area contributed by atoms with Crippen molar-refractivity contribution in [1.29, 1.82) is 0 Å². The summed E-state index contributed by atoms with van der Waals surface area (Å²) in [5.41, 5.74) is 4.38. The SMILES string of the molecule is CC(C)[C@@H](CN(C)S(=O)(=O)C1CC1)NC(=O)N[C@H](C(=O)N1C[C@H]2[C@@H]([C@H]1C(=O)NC(CC1CCC1)C(=O)C(N)=O)C2(C)C)C(C)(C)C. The van der Waals surface area contributed by atoms with Gasteiger partial charge < -0.3 is 26.6 Å². The lowest BCUT2D eigenvalue weighted by molar-refractivity contribution is -0.145. The van der Waals surface area contributed by atoms with Gasteiger partial charge in [0, 0.05) is 26.2 Å². The first-order chi connectivity index (χ1) is 21.2. The number of likely N-dealkylation sites (N-methyl/N-ethyl adjacent to an activating group) is 1. The number of primary amides is 1. The Morgan fingerprint density at radius 3 is 2.09 bits per heavy atom. The number of ketones is 1. The summed E-state index contributed by atoms with van der Waals surface area (Å²) in [5, 5.41) is 8.13. The molecule has 13 nitrogen and oxygen atoms in total. The van der Waals surface area contributed by atoms with Crippen molar-refractivity contribution in [2.45, 2.75) is 116 Å². The summed E-state index contributed by atoms with van der Waals surface area (Å²) in [6.45, 7) is 13.7. The Morgan fingerprint density at radius 2 is 1.61 bits per heavy atom. The molecule has 3 saturated carbocycles. The zero-order valence-corrected chi connectivity index (χ0v) is 29.4. The number of fused-ring (bicyclic) bond motifs is 1. The van der Waals surface area contributed by atoms with Gasteiger partial charge in [0.25, 0.3) is 5.91 Å². The van der Waals surface area contributed by atoms with Crippen LogP contribution in [-0.2, 0) is 29.2 Å². The van der Waals surface area contributed by atoms with Crippen molar-refractivity contribution in [1.82, 2.24) is 25.2 Å². The van der Waals surface area contributed by atoms with Crippen molar-refractivity contribution in [2.75, 3.05) is 20.1 Å². The van der Waals surface area contributed by atoms with Crippen molar-refractivity contribution in [3.8, 4) is 0 Å². The molecule has 3 aliphatic carbocycles. The summed E-state index contributed by atoms with van der Waals surface area (Å²) in [5.74, 6) is -2.82. The third-order valence-electron chi connectivity index (χ3n) is 10.8. The molecule has 0 aromatic heterocycles. The number of hydrogen-bond acceptors (Lipinski definition) is 7. The molecule has 4 fully saturated rings. The Morgan fingerprint density at radius 1 is 1.00 bits per heavy atom. The number of hydrogen-bond donors (Lipinski definition) is 4. The number of nitrogens with zero attached hydrogens (tertiary/aromatic N) is 2. The highest BCUT2D eigenvalue weighted by Crippen LogP contribution is 2.65. The van der Waals surface area contributed by atoms with E-state index < -0.39 is 69.1 Å². The molecule has 1 unspecified atom stereocenters. The zero-order valence-electron chi connectivity index (χ0n) is 28.6. The number of carbonyl (C=O) groups excluding carboxylic acids is 5. The van der Waals surface area contributed by atoms with Gasteiger partial charge in [-0.3, -0.25) is 19.2 Å². The average Bonchev–Trinajstić information content (AvgIpc) is 3.80. The van der Waals surface area contributed by atoms with E-state index in [1.54, 1.807) is 0 Å². The van der Waals surface area contributed by atoms with E-state index >= 15 is 0 Å². The molecule has 6 atom stereocenters. The molecule has 260 valence electrons. The Balaban J connectivity index is 1.50. The molecule has 1 heterocycles. The molecule has 0 spiro atoms. The first-order valence-corrected chi connectivity index (χ1v) is 18.1. The van der Waals surface area contributed by atoms with Crippen LogP contribution in [0.25, 0.3) is 0 Å². The van der Waals surface area contributed by atoms with Crippen LogP contribution in [0.1, 0.15) is 87.0 Å². The van der Waals surface area contributed by atoms with Gasteiger partial charge in [-0.2, -0.15) is 0 Å². The number of nitrogens with one attached hydrogen (secondary N) is 3. The average molecular weight is 667 g/mol. The van der Waals surface area contributed by atoms with Crippen LogP contribution in [0, 0.1) is 34.5 Å². The fraction of sp³-hybridized carbons (Fsp3) is 0.844. The van der Waals surface area contributed by atoms with Gasteiger partial charge in [0.05, 0.1) is 11.3 Å². The largest absolute Gasteiger partial charge is 0.363 e. The van der Waals surface area contributed by atoms with Crippen LogP contribution in [0.2, 0.25) is 0 Å². The van der Waals surface area contributed by atoms with E-state index in [9.17, 15) is 32.4 Å². The molecule has 0 radical (unpaired) electrons. The minimum absolute atomic E-state index is 0.0628. The summed E-state index contributed by atoms with van der Waals surface area (Å²) in [7, 11) is -1.92. The van der Waals surface area contributed by atoms with Gasteiger partial charge in [-0.05, 0) is 53.8 Å². The van der Waals surface area contributed by atoms with Gasteiger partial charge in [-0.1, -0.05) is 67.7 Å². The first-order valence-electron chi connectivity index (χ1n) is 16.6. The van der Waals surface area contributed by atoms with Gasteiger partial charge in [0.1, 0.15) is 12.1 Å². The van der Waals surface area contributed by atoms with Crippen LogP contribution in [0.15, 0.2) is 0 Å². The van der Waals surface area contributed by atoms with E-state index in [1.807, 2.05) is 48.5 Å². The van der Waals surface area contributed by atoms with Crippen LogP contribution >= 0.6 is 0 Å². The molecule has 0 bridgehead atoms. The maximum absolute atomic E-state index is 14.3. The lowest BCUT2D eigenvalue weighted by atomic mass is 9.80. The second-order valence-corrected chi connectivity index (χ2v) is 18.3. The third-order valence-corrected chi connectivity index (χ3v) is 13.1. The number of rotatable bonds is 14. The molecule has 1 aliphatic heterocycles. The smallest absolute Gasteiger partial charge is 0.315 e. The van der Waals surface area contributed by atoms with Gasteiger partial charge >= 0.3 is 6.03 Å². The molecule has 4 aliphatic rings. The Kier molecular flexibility index (Phi) is 10.2. The topological polar surface area (TPSA) is 188 Å². The molecule has 4 rings (SSSR count). The first kappa shape index (κ1) is 36.1. The number of sulfonamides is 1. The molecule has 14 heteroatoms. The predicted molar refractivity (Wildman–Crippen MR) is 172 cm³/mol. The van der Waals surface area contributed by atoms with Crippen molar-refractivity contribution in [3.05, 3.63) is 0 Å². The van der Waals surface area contributed by atoms with Crippen LogP contribution in [-0.4, -0.2) is 96.7 Å². The highest BCUT2D eigenvalue weighted by molar-refractivity contribution is 7.90. The Bertz CT molecular complexity index is 1330. The number of likely N-dealkylation sites (tertiary alicyclic amines) is 1. The Labute approximate surface area is 273 Å². The number of carbonyl (C=O) groups is 5. The van der Waals surface area contributed by atoms with E-state index in [4.69, 9.17) is 5.73 Å². The molecule has 0 aromatic carbocycles. The minimum atomic E-state index is -3.43. The molecule has 0 aromatic rings. The standard InChI is InChI=1S/C32H54N6O7S/c1-17(2)22(16-37(8)46(44,45)19-12-13-19)35-30(43)36-26(31(3,4)5)29(42)38-15-20-23(32(20,6)7)24(38)28(41)34-21(25(39)27(33)40)14-18-10-9-11-18/h17-24,26H,9-16H2,1-8H3,(H2,33,40)(H,34,41)(H2,35,36,43)/t20-,21?,22+,23-,24-,26+/m0/s1. The maximum atomic E-state index is 14.3. The summed E-state index contributed by atoms with van der Waals surface area (Å²) in [6, 6.07) is -4.06. The highest BCUT2D eigenvalue weighted by Gasteiger charge is 2.70. The number of urea groups is 1. The van der Waals surface area contributed by atoms with Crippen molar-refractivity contribution in [2.24, 2.45) is 40.2 Å². The van der Waals surface area contributed by atoms with Gasteiger partial charge in [0.15, 0.2) is 0 Å². The quantitative estimate of drug-likeness (QED) is 0.201. The second kappa shape index (κ2) is 13.0. The van der Waals surface area contributed by atoms with Gasteiger partial charge in [-0.15, -0.1) is 0 Å². The second-order valence-electron chi connectivity index (χ2n) is 16.0. The molecule has 1 saturated heterocycles. The van der Waals surface area contributed by atoms with E-state index in [0.29, 0.717) is 25.8 Å². The lowest BCUT2D eigenvalue weighted by Gasteiger charge is -2.38. The number of Topliss-reactive ketones (excluding diaryl/α,β-unsaturated/α-hetero) is 1. The predicted octanol–water partition coefficient (Wildman–Crippen LogP) is 1.36. The lowest BCUT2D eigenvalue weighted by Crippen LogP contribution is -2.62. The number of amides is 5. The monoisotopic (exact) mass is 666 g/mol. The van der Waals surface area contributed by atoms with Crippen molar-refractivity contribution in [3.63, 3.8) is 0 Å². The molecule has 5 amide bonds. The Hall–Kier alpha value is -2.74. The number of nitrogens with two attached hydrogens (primary N) is 1. The highest BCUT2D eigenvalue weighted by atomic mass is 32.2. The van der Waals surface area contributed by atoms with Crippen LogP contribution < -0.4 is 21.7 Å². The summed E-state index contributed by atoms with van der Waals surface area (Å²) >= 11 is 0. The summed E-state index contributed by atoms with van der Waals surface area (Å²) in [4.78, 5) is 67.6. The zero-order chi connectivity index (χ0) is 34.5. The normalized spacial score (nSPS) is 26.0. The van der Waals surface area contributed by atoms with Gasteiger partial charge in [-0.25, -0.2) is 17.5 Å². The van der Waals surface area contributed by atoms with Crippen molar-refractivity contribution < 1.29 is 32.4 Å². The summed E-state index contributed by atoms with van der Waals surface area (Å²) < 4.78 is 26.7. The van der Waals surface area contributed by atoms with E-state index in [1.165, 1.54) is 16.3 Å². The van der Waals surface area contributed by atoms with Crippen LogP contribution in [0.4, 0.5) is 4.79 Å². The third kappa shape index (κ3) is 7.53. The summed E-state index contributed by atoms with van der Waals surface area (Å²) in [6.07, 6.45) is 4.46. The number of piperidine rings is 1. The molecule has 46 heavy (non-hydrogen) atoms. The van der Waals surface area contributed by atoms with Crippen LogP contribution in [0.5, 0.6) is 0 Å². The van der Waals surface area contributed by atoms with Crippen molar-refractivity contribution >= 4 is 39.6 Å². The minimum Gasteiger partial charge on any atom is -0.363 e. The fourth-order valence-corrected chi connectivity index (χ4v) is 8.72. The van der Waals surface area contributed by atoms with E-state index in [0.717, 1.165) is 19.3 Å². The molecular weight excluding hydrogens is 612 g/mol. The van der Waals surface area contributed by atoms with E-state index in [-0.39, 0.29) is 40.9 Å².